The van der Waals surface area contributed by atoms with Gasteiger partial charge < -0.3 is 0 Å². The van der Waals surface area contributed by atoms with Crippen LogP contribution in [0.4, 0.5) is 0 Å². The Hall–Kier alpha value is 0. The summed E-state index contributed by atoms with van der Waals surface area (Å²) in [5.41, 5.74) is 0. The van der Waals surface area contributed by atoms with Crippen molar-refractivity contribution in [2.45, 2.75) is 263 Å². The predicted octanol–water partition coefficient (Wildman–Crippen LogP) is 19.5. The minimum Gasteiger partial charge on any atom is -0.0683 e. The molecule has 0 saturated heterocycles. The summed E-state index contributed by atoms with van der Waals surface area (Å²) in [7, 11) is 0. The van der Waals surface area contributed by atoms with Gasteiger partial charge in [-0.1, -0.05) is 263 Å². The van der Waals surface area contributed by atoms with Gasteiger partial charge in [0, 0.05) is 0 Å². The third-order valence-electron chi connectivity index (χ3n) is 0. The van der Waals surface area contributed by atoms with E-state index in [2.05, 4.69) is 0 Å². The van der Waals surface area contributed by atoms with E-state index in [1.807, 2.05) is 263 Å². The maximum atomic E-state index is 2.00. The van der Waals surface area contributed by atoms with E-state index in [1.54, 1.807) is 0 Å². The molecule has 0 N–H and O–H groups in total. The first kappa shape index (κ1) is 144. The van der Waals surface area contributed by atoms with Crippen LogP contribution in [0.5, 0.6) is 0 Å². The lowest BCUT2D eigenvalue weighted by Crippen LogP contribution is -0.856. The predicted molar refractivity (Wildman–Crippen MR) is 216 cm³/mol. The molecule has 0 aromatic carbocycles. The molecule has 0 amide bonds. The molecule has 0 atom stereocenters. The van der Waals surface area contributed by atoms with Gasteiger partial charge in [-0.3, -0.25) is 0 Å². The van der Waals surface area contributed by atoms with Crippen molar-refractivity contribution in [3.63, 3.8) is 0 Å². The summed E-state index contributed by atoms with van der Waals surface area (Å²) >= 11 is 0. The molecule has 0 aliphatic rings. The van der Waals surface area contributed by atoms with Gasteiger partial charge in [-0.05, 0) is 0 Å². The van der Waals surface area contributed by atoms with E-state index in [4.69, 9.17) is 0 Å². The Balaban J connectivity index is -0.00000000590. The normalized spacial score (nSPS) is 3.00. The van der Waals surface area contributed by atoms with Gasteiger partial charge in [-0.25, -0.2) is 0 Å². The van der Waals surface area contributed by atoms with Crippen molar-refractivity contribution in [2.24, 2.45) is 0 Å². The smallest absolute Gasteiger partial charge is 0.0683 e. The second-order valence-electron chi connectivity index (χ2n) is 0. The fraction of sp³-hybridized carbons (Fsp3) is 1.00. The molecule has 266 valence electrons. The van der Waals surface area contributed by atoms with Crippen molar-refractivity contribution in [3.05, 3.63) is 0 Å². The van der Waals surface area contributed by atoms with Crippen molar-refractivity contribution < 1.29 is 0 Å². The van der Waals surface area contributed by atoms with Crippen LogP contribution in [0, 0.1) is 0 Å². The molecule has 38 heavy (non-hydrogen) atoms. The van der Waals surface area contributed by atoms with Crippen LogP contribution < -0.4 is 0 Å². The topological polar surface area (TPSA) is 0 Å². The summed E-state index contributed by atoms with van der Waals surface area (Å²) in [5.74, 6) is 0. The fourth-order valence-corrected chi connectivity index (χ4v) is 0. The van der Waals surface area contributed by atoms with Gasteiger partial charge >= 0.3 is 0 Å². The summed E-state index contributed by atoms with van der Waals surface area (Å²) in [6, 6.07) is 0. The van der Waals surface area contributed by atoms with Crippen LogP contribution in [0.1, 0.15) is 263 Å². The molecule has 0 fully saturated rings. The molecule has 0 bridgehead atoms. The summed E-state index contributed by atoms with van der Waals surface area (Å²) in [5, 5.41) is 0. The largest absolute Gasteiger partial charge is 0.0683 e. The Bertz CT molecular complexity index is 0. The molecule has 0 saturated carbocycles. The Morgan fingerprint density at radius 1 is 0.0526 bits per heavy atom. The van der Waals surface area contributed by atoms with E-state index in [0.717, 1.165) is 0 Å². The van der Waals surface area contributed by atoms with Gasteiger partial charge in [0.25, 0.3) is 0 Å². The zero-order valence-electron chi connectivity index (χ0n) is 38.0. The van der Waals surface area contributed by atoms with E-state index in [1.165, 1.54) is 0 Å². The lowest BCUT2D eigenvalue weighted by molar-refractivity contribution is 1.50. The highest BCUT2D eigenvalue weighted by molar-refractivity contribution is 3.54. The Morgan fingerprint density at radius 3 is 0.0526 bits per heavy atom. The molecule has 0 unspecified atom stereocenters. The summed E-state index contributed by atoms with van der Waals surface area (Å²) in [4.78, 5) is 0. The molecular formula is C38H114. The van der Waals surface area contributed by atoms with Crippen LogP contribution in [-0.2, 0) is 0 Å². The Labute approximate surface area is 262 Å². The maximum Gasteiger partial charge on any atom is -0.0683 e. The Morgan fingerprint density at radius 2 is 0.0526 bits per heavy atom. The quantitative estimate of drug-likeness (QED) is 0.271. The highest BCUT2D eigenvalue weighted by atomic mass is 13.0. The van der Waals surface area contributed by atoms with Gasteiger partial charge in [-0.15, -0.1) is 0 Å². The van der Waals surface area contributed by atoms with Crippen molar-refractivity contribution in [1.82, 2.24) is 0 Å². The number of rotatable bonds is 0. The zero-order valence-corrected chi connectivity index (χ0v) is 38.0. The van der Waals surface area contributed by atoms with E-state index < -0.39 is 0 Å². The maximum absolute atomic E-state index is 2.00. The summed E-state index contributed by atoms with van der Waals surface area (Å²) in [6.45, 7) is 76.0. The number of hydrogen-bond donors (Lipinski definition) is 0. The molecule has 0 spiro atoms. The van der Waals surface area contributed by atoms with E-state index in [-0.39, 0.29) is 0 Å². The monoisotopic (exact) mass is 571 g/mol. The SMILES string of the molecule is CC.CC.CC.CC.CC.CC.CC.CC.CC.CC.CC.CC.CC.CC.CC.CC.CC.CC.CC. The molecule has 0 radical (unpaired) electrons. The lowest BCUT2D eigenvalue weighted by Gasteiger charge is -1.07. The van der Waals surface area contributed by atoms with E-state index in [0.29, 0.717) is 0 Å². The first-order valence-corrected chi connectivity index (χ1v) is 19.0. The summed E-state index contributed by atoms with van der Waals surface area (Å²) in [6.07, 6.45) is 0. The lowest BCUT2D eigenvalue weighted by atomic mass is 11.0. The van der Waals surface area contributed by atoms with Gasteiger partial charge in [0.2, 0.25) is 0 Å². The third kappa shape index (κ3) is 0. The van der Waals surface area contributed by atoms with Crippen molar-refractivity contribution in [1.29, 1.82) is 0 Å². The molecule has 0 nitrogen and oxygen atoms in total. The van der Waals surface area contributed by atoms with Gasteiger partial charge in [-0.2, -0.15) is 0 Å². The molecule has 0 aromatic heterocycles. The molecule has 0 heterocycles. The molecule has 0 aliphatic heterocycles. The van der Waals surface area contributed by atoms with Crippen LogP contribution in [0.25, 0.3) is 0 Å². The van der Waals surface area contributed by atoms with E-state index >= 15 is 0 Å². The van der Waals surface area contributed by atoms with Crippen LogP contribution in [-0.4, -0.2) is 0 Å². The molecule has 0 aromatic rings. The molecule has 0 aliphatic carbocycles. The molecule has 0 heteroatoms. The van der Waals surface area contributed by atoms with Crippen LogP contribution in [0.15, 0.2) is 0 Å². The van der Waals surface area contributed by atoms with Gasteiger partial charge in [0.1, 0.15) is 0 Å². The minimum absolute atomic E-state index is 2.00. The van der Waals surface area contributed by atoms with E-state index in [9.17, 15) is 0 Å². The molecular weight excluding hydrogens is 456 g/mol. The zero-order chi connectivity index (χ0) is 38.0. The highest BCUT2D eigenvalue weighted by Gasteiger charge is 0.968. The number of hydrogen-bond acceptors (Lipinski definition) is 0. The average molecular weight is 571 g/mol. The van der Waals surface area contributed by atoms with Crippen molar-refractivity contribution in [3.8, 4) is 0 Å². The minimum atomic E-state index is 2.00. The Kier molecular flexibility index (Phi) is 0. The van der Waals surface area contributed by atoms with Crippen molar-refractivity contribution >= 4 is 0 Å². The van der Waals surface area contributed by atoms with Crippen LogP contribution >= 0.6 is 0 Å². The standard InChI is InChI=1S/19C2H6/c19*1-2/h19*1-2H3. The average Bonchev–Trinajstić information content (AvgIpc) is 3.17. The summed E-state index contributed by atoms with van der Waals surface area (Å²) < 4.78 is 0. The van der Waals surface area contributed by atoms with Crippen molar-refractivity contribution in [2.75, 3.05) is 0 Å². The van der Waals surface area contributed by atoms with Crippen LogP contribution in [0.3, 0.4) is 0 Å². The first-order valence-electron chi connectivity index (χ1n) is 19.0. The highest BCUT2D eigenvalue weighted by Crippen LogP contribution is 1.18. The van der Waals surface area contributed by atoms with Gasteiger partial charge in [0.05, 0.1) is 0 Å². The van der Waals surface area contributed by atoms with Gasteiger partial charge in [0.15, 0.2) is 0 Å². The van der Waals surface area contributed by atoms with Crippen LogP contribution in [0.2, 0.25) is 0 Å². The third-order valence-corrected chi connectivity index (χ3v) is 0. The molecule has 0 rings (SSSR count). The second kappa shape index (κ2) is 0. The fourth-order valence-electron chi connectivity index (χ4n) is 0. The second-order valence-corrected chi connectivity index (χ2v) is 0. The first-order chi connectivity index (χ1) is 19.0.